The van der Waals surface area contributed by atoms with E-state index in [0.717, 1.165) is 35.0 Å². The third-order valence-corrected chi connectivity index (χ3v) is 4.38. The SMILES string of the molecule is COc1ccc2cc(-c3cccc(N)c3)cc(CCNC(C)=S)c2c1. The fourth-order valence-corrected chi connectivity index (χ4v) is 3.11. The van der Waals surface area contributed by atoms with Crippen molar-refractivity contribution in [2.45, 2.75) is 13.3 Å². The number of anilines is 1. The fourth-order valence-electron chi connectivity index (χ4n) is 3.01. The predicted octanol–water partition coefficient (Wildman–Crippen LogP) is 4.58. The van der Waals surface area contributed by atoms with E-state index in [0.29, 0.717) is 0 Å². The van der Waals surface area contributed by atoms with Crippen molar-refractivity contribution in [3.05, 3.63) is 60.2 Å². The molecular formula is C21H22N2OS. The standard InChI is InChI=1S/C21H22N2OS/c1-14(25)23-9-8-17-11-18(15-4-3-5-19(22)12-15)10-16-6-7-20(24-2)13-21(16)17/h3-7,10-13H,8-9,22H2,1-2H3,(H,23,25). The predicted molar refractivity (Wildman–Crippen MR) is 110 cm³/mol. The van der Waals surface area contributed by atoms with Crippen LogP contribution < -0.4 is 15.8 Å². The topological polar surface area (TPSA) is 47.3 Å². The summed E-state index contributed by atoms with van der Waals surface area (Å²) in [6.45, 7) is 2.71. The van der Waals surface area contributed by atoms with Crippen LogP contribution >= 0.6 is 12.2 Å². The van der Waals surface area contributed by atoms with Crippen molar-refractivity contribution in [1.82, 2.24) is 5.32 Å². The minimum atomic E-state index is 0.770. The molecule has 0 radical (unpaired) electrons. The minimum Gasteiger partial charge on any atom is -0.497 e. The molecule has 0 fully saturated rings. The molecule has 3 nitrogen and oxygen atoms in total. The van der Waals surface area contributed by atoms with Gasteiger partial charge in [-0.3, -0.25) is 0 Å². The fraction of sp³-hybridized carbons (Fsp3) is 0.190. The second-order valence-corrected chi connectivity index (χ2v) is 6.69. The molecule has 3 aromatic carbocycles. The van der Waals surface area contributed by atoms with E-state index in [1.54, 1.807) is 7.11 Å². The van der Waals surface area contributed by atoms with Gasteiger partial charge in [0.15, 0.2) is 0 Å². The normalized spacial score (nSPS) is 10.6. The summed E-state index contributed by atoms with van der Waals surface area (Å²) in [6.07, 6.45) is 0.883. The van der Waals surface area contributed by atoms with E-state index >= 15 is 0 Å². The van der Waals surface area contributed by atoms with Gasteiger partial charge < -0.3 is 15.8 Å². The number of rotatable bonds is 5. The molecule has 4 heteroatoms. The quantitative estimate of drug-likeness (QED) is 0.522. The maximum absolute atomic E-state index is 5.96. The highest BCUT2D eigenvalue weighted by Crippen LogP contribution is 2.31. The van der Waals surface area contributed by atoms with Gasteiger partial charge in [-0.05, 0) is 71.1 Å². The van der Waals surface area contributed by atoms with Crippen LogP contribution in [-0.2, 0) is 6.42 Å². The summed E-state index contributed by atoms with van der Waals surface area (Å²) in [6, 6.07) is 18.6. The maximum Gasteiger partial charge on any atom is 0.119 e. The van der Waals surface area contributed by atoms with E-state index in [-0.39, 0.29) is 0 Å². The van der Waals surface area contributed by atoms with Crippen LogP contribution in [0.25, 0.3) is 21.9 Å². The molecule has 0 aliphatic rings. The van der Waals surface area contributed by atoms with Crippen LogP contribution in [-0.4, -0.2) is 18.6 Å². The summed E-state index contributed by atoms with van der Waals surface area (Å²) in [5, 5.41) is 5.63. The van der Waals surface area contributed by atoms with Crippen LogP contribution in [0.15, 0.2) is 54.6 Å². The summed E-state index contributed by atoms with van der Waals surface area (Å²) >= 11 is 5.12. The van der Waals surface area contributed by atoms with Gasteiger partial charge in [0.25, 0.3) is 0 Å². The van der Waals surface area contributed by atoms with Crippen LogP contribution in [0.4, 0.5) is 5.69 Å². The van der Waals surface area contributed by atoms with Gasteiger partial charge in [0.2, 0.25) is 0 Å². The highest BCUT2D eigenvalue weighted by Gasteiger charge is 2.08. The Morgan fingerprint density at radius 2 is 1.92 bits per heavy atom. The van der Waals surface area contributed by atoms with Gasteiger partial charge in [0.1, 0.15) is 5.75 Å². The zero-order valence-corrected chi connectivity index (χ0v) is 15.3. The van der Waals surface area contributed by atoms with Crippen LogP contribution in [0, 0.1) is 0 Å². The summed E-state index contributed by atoms with van der Waals surface area (Å²) in [7, 11) is 1.69. The molecule has 0 heterocycles. The smallest absolute Gasteiger partial charge is 0.119 e. The Morgan fingerprint density at radius 1 is 1.08 bits per heavy atom. The van der Waals surface area contributed by atoms with Gasteiger partial charge in [-0.2, -0.15) is 0 Å². The average Bonchev–Trinajstić information content (AvgIpc) is 2.60. The molecule has 0 atom stereocenters. The first-order valence-corrected chi connectivity index (χ1v) is 8.68. The van der Waals surface area contributed by atoms with Crippen molar-refractivity contribution in [3.63, 3.8) is 0 Å². The lowest BCUT2D eigenvalue weighted by Gasteiger charge is -2.13. The van der Waals surface area contributed by atoms with Gasteiger partial charge in [0, 0.05) is 12.2 Å². The molecule has 3 rings (SSSR count). The number of methoxy groups -OCH3 is 1. The van der Waals surface area contributed by atoms with Crippen LogP contribution in [0.3, 0.4) is 0 Å². The minimum absolute atomic E-state index is 0.770. The molecule has 0 saturated carbocycles. The van der Waals surface area contributed by atoms with Gasteiger partial charge in [-0.15, -0.1) is 0 Å². The van der Waals surface area contributed by atoms with E-state index in [1.165, 1.54) is 21.9 Å². The molecule has 0 amide bonds. The lowest BCUT2D eigenvalue weighted by molar-refractivity contribution is 0.415. The first-order valence-electron chi connectivity index (χ1n) is 8.28. The molecule has 25 heavy (non-hydrogen) atoms. The first kappa shape index (κ1) is 17.2. The van der Waals surface area contributed by atoms with E-state index in [4.69, 9.17) is 22.7 Å². The van der Waals surface area contributed by atoms with Gasteiger partial charge in [0.05, 0.1) is 12.1 Å². The summed E-state index contributed by atoms with van der Waals surface area (Å²) in [4.78, 5) is 0.814. The summed E-state index contributed by atoms with van der Waals surface area (Å²) in [5.41, 5.74) is 10.3. The third kappa shape index (κ3) is 4.09. The number of nitrogen functional groups attached to an aromatic ring is 1. The summed E-state index contributed by atoms with van der Waals surface area (Å²) in [5.74, 6) is 0.865. The molecule has 3 aromatic rings. The molecule has 128 valence electrons. The molecule has 0 saturated heterocycles. The highest BCUT2D eigenvalue weighted by atomic mass is 32.1. The Hall–Kier alpha value is -2.59. The largest absolute Gasteiger partial charge is 0.497 e. The zero-order chi connectivity index (χ0) is 17.8. The molecule has 0 unspecified atom stereocenters. The molecule has 0 bridgehead atoms. The molecule has 0 spiro atoms. The van der Waals surface area contributed by atoms with Gasteiger partial charge in [-0.25, -0.2) is 0 Å². The van der Waals surface area contributed by atoms with Crippen molar-refractivity contribution in [2.24, 2.45) is 0 Å². The second-order valence-electron chi connectivity index (χ2n) is 6.08. The highest BCUT2D eigenvalue weighted by molar-refractivity contribution is 7.80. The number of fused-ring (bicyclic) bond motifs is 1. The lowest BCUT2D eigenvalue weighted by Crippen LogP contribution is -2.20. The van der Waals surface area contributed by atoms with E-state index in [2.05, 4.69) is 35.6 Å². The molecular weight excluding hydrogens is 328 g/mol. The number of nitrogens with two attached hydrogens (primary N) is 1. The van der Waals surface area contributed by atoms with Crippen molar-refractivity contribution in [2.75, 3.05) is 19.4 Å². The van der Waals surface area contributed by atoms with Crippen LogP contribution in [0.2, 0.25) is 0 Å². The monoisotopic (exact) mass is 350 g/mol. The Morgan fingerprint density at radius 3 is 2.64 bits per heavy atom. The number of thiocarbonyl (C=S) groups is 1. The first-order chi connectivity index (χ1) is 12.1. The lowest BCUT2D eigenvalue weighted by atomic mass is 9.95. The Balaban J connectivity index is 2.08. The second kappa shape index (κ2) is 7.53. The molecule has 0 aliphatic heterocycles. The Labute approximate surface area is 153 Å². The average molecular weight is 350 g/mol. The number of nitrogens with one attached hydrogen (secondary N) is 1. The van der Waals surface area contributed by atoms with Crippen LogP contribution in [0.5, 0.6) is 5.75 Å². The molecule has 3 N–H and O–H groups in total. The Kier molecular flexibility index (Phi) is 5.19. The summed E-state index contributed by atoms with van der Waals surface area (Å²) < 4.78 is 5.40. The van der Waals surface area contributed by atoms with Crippen molar-refractivity contribution < 1.29 is 4.74 Å². The van der Waals surface area contributed by atoms with E-state index < -0.39 is 0 Å². The van der Waals surface area contributed by atoms with Gasteiger partial charge in [-0.1, -0.05) is 36.5 Å². The van der Waals surface area contributed by atoms with Crippen molar-refractivity contribution >= 4 is 33.7 Å². The van der Waals surface area contributed by atoms with Crippen molar-refractivity contribution in [1.29, 1.82) is 0 Å². The van der Waals surface area contributed by atoms with E-state index in [1.807, 2.05) is 31.2 Å². The van der Waals surface area contributed by atoms with Crippen molar-refractivity contribution in [3.8, 4) is 16.9 Å². The molecule has 0 aliphatic carbocycles. The Bertz CT molecular complexity index is 921. The van der Waals surface area contributed by atoms with E-state index in [9.17, 15) is 0 Å². The number of hydrogen-bond donors (Lipinski definition) is 2. The van der Waals surface area contributed by atoms with Gasteiger partial charge >= 0.3 is 0 Å². The number of ether oxygens (including phenoxy) is 1. The number of benzene rings is 3. The zero-order valence-electron chi connectivity index (χ0n) is 14.5. The maximum atomic E-state index is 5.96. The molecule has 0 aromatic heterocycles. The van der Waals surface area contributed by atoms with Crippen LogP contribution in [0.1, 0.15) is 12.5 Å². The number of hydrogen-bond acceptors (Lipinski definition) is 3. The third-order valence-electron chi connectivity index (χ3n) is 4.24.